The van der Waals surface area contributed by atoms with E-state index in [1.54, 1.807) is 23.1 Å². The molecule has 0 fully saturated rings. The van der Waals surface area contributed by atoms with Crippen LogP contribution in [-0.2, 0) is 16.0 Å². The minimum absolute atomic E-state index is 0.0618. The van der Waals surface area contributed by atoms with Gasteiger partial charge in [0.05, 0.1) is 11.3 Å². The third-order valence-corrected chi connectivity index (χ3v) is 4.21. The fourth-order valence-corrected chi connectivity index (χ4v) is 2.90. The molecule has 1 aliphatic heterocycles. The number of rotatable bonds is 6. The van der Waals surface area contributed by atoms with Gasteiger partial charge in [-0.1, -0.05) is 6.07 Å². The molecular weight excluding hydrogens is 292 g/mol. The first-order valence-electron chi connectivity index (χ1n) is 6.51. The summed E-state index contributed by atoms with van der Waals surface area (Å²) in [6.07, 6.45) is 1.03. The van der Waals surface area contributed by atoms with Crippen LogP contribution >= 0.6 is 11.8 Å². The van der Waals surface area contributed by atoms with Crippen LogP contribution in [0, 0.1) is 0 Å². The molecule has 0 saturated carbocycles. The monoisotopic (exact) mass is 308 g/mol. The largest absolute Gasteiger partial charge is 0.478 e. The van der Waals surface area contributed by atoms with Gasteiger partial charge in [-0.15, -0.1) is 0 Å². The van der Waals surface area contributed by atoms with Crippen molar-refractivity contribution in [2.24, 2.45) is 5.73 Å². The van der Waals surface area contributed by atoms with Gasteiger partial charge >= 0.3 is 5.97 Å². The van der Waals surface area contributed by atoms with Crippen LogP contribution in [0.5, 0.6) is 0 Å². The first-order chi connectivity index (χ1) is 9.99. The molecule has 1 aliphatic rings. The van der Waals surface area contributed by atoms with Crippen molar-refractivity contribution in [1.82, 2.24) is 0 Å². The molecule has 6 nitrogen and oxygen atoms in total. The third kappa shape index (κ3) is 3.75. The maximum absolute atomic E-state index is 12.2. The van der Waals surface area contributed by atoms with Crippen molar-refractivity contribution in [2.45, 2.75) is 12.8 Å². The van der Waals surface area contributed by atoms with Crippen molar-refractivity contribution in [2.75, 3.05) is 23.0 Å². The SMILES string of the molecule is NC(=O)CSCCC(=O)N1CCc2ccc(C(=O)O)cc21. The lowest BCUT2D eigenvalue weighted by atomic mass is 10.1. The average Bonchev–Trinajstić information content (AvgIpc) is 2.86. The van der Waals surface area contributed by atoms with E-state index >= 15 is 0 Å². The number of carbonyl (C=O) groups is 3. The molecular formula is C14H16N2O4S. The number of carbonyl (C=O) groups excluding carboxylic acids is 2. The van der Waals surface area contributed by atoms with Gasteiger partial charge in [0.15, 0.2) is 0 Å². The molecule has 0 bridgehead atoms. The Balaban J connectivity index is 2.00. The molecule has 0 aliphatic carbocycles. The van der Waals surface area contributed by atoms with E-state index in [1.165, 1.54) is 11.8 Å². The molecule has 0 radical (unpaired) electrons. The van der Waals surface area contributed by atoms with Crippen molar-refractivity contribution >= 4 is 35.2 Å². The summed E-state index contributed by atoms with van der Waals surface area (Å²) < 4.78 is 0. The number of nitrogens with two attached hydrogens (primary N) is 1. The Morgan fingerprint density at radius 3 is 2.76 bits per heavy atom. The van der Waals surface area contributed by atoms with Crippen molar-refractivity contribution in [1.29, 1.82) is 0 Å². The second-order valence-electron chi connectivity index (χ2n) is 4.71. The normalized spacial score (nSPS) is 13.0. The number of primary amides is 1. The summed E-state index contributed by atoms with van der Waals surface area (Å²) in [6, 6.07) is 4.85. The lowest BCUT2D eigenvalue weighted by Gasteiger charge is -2.17. The Bertz CT molecular complexity index is 588. The van der Waals surface area contributed by atoms with Crippen LogP contribution in [0.15, 0.2) is 18.2 Å². The fraction of sp³-hybridized carbons (Fsp3) is 0.357. The summed E-state index contributed by atoms with van der Waals surface area (Å²) in [5.74, 6) is -0.744. The number of amides is 2. The number of carboxylic acids is 1. The first-order valence-corrected chi connectivity index (χ1v) is 7.67. The summed E-state index contributed by atoms with van der Waals surface area (Å²) in [7, 11) is 0. The zero-order valence-corrected chi connectivity index (χ0v) is 12.2. The van der Waals surface area contributed by atoms with E-state index in [-0.39, 0.29) is 17.2 Å². The quantitative estimate of drug-likeness (QED) is 0.760. The molecule has 0 unspecified atom stereocenters. The summed E-state index contributed by atoms with van der Waals surface area (Å²) in [5.41, 5.74) is 6.87. The number of nitrogens with zero attached hydrogens (tertiary/aromatic N) is 1. The number of hydrogen-bond donors (Lipinski definition) is 2. The molecule has 1 aromatic rings. The van der Waals surface area contributed by atoms with E-state index in [9.17, 15) is 14.4 Å². The molecule has 0 saturated heterocycles. The van der Waals surface area contributed by atoms with Gasteiger partial charge in [-0.3, -0.25) is 9.59 Å². The first kappa shape index (κ1) is 15.4. The van der Waals surface area contributed by atoms with E-state index in [0.29, 0.717) is 24.4 Å². The number of thioether (sulfide) groups is 1. The van der Waals surface area contributed by atoms with E-state index in [2.05, 4.69) is 0 Å². The Morgan fingerprint density at radius 1 is 1.33 bits per heavy atom. The molecule has 2 rings (SSSR count). The molecule has 1 heterocycles. The van der Waals surface area contributed by atoms with Crippen molar-refractivity contribution in [3.63, 3.8) is 0 Å². The smallest absolute Gasteiger partial charge is 0.335 e. The average molecular weight is 308 g/mol. The molecule has 1 aromatic carbocycles. The number of fused-ring (bicyclic) bond motifs is 1. The Morgan fingerprint density at radius 2 is 2.10 bits per heavy atom. The molecule has 2 amide bonds. The molecule has 7 heteroatoms. The number of aromatic carboxylic acids is 1. The van der Waals surface area contributed by atoms with Gasteiger partial charge in [0, 0.05) is 24.4 Å². The van der Waals surface area contributed by atoms with Gasteiger partial charge in [-0.2, -0.15) is 11.8 Å². The predicted octanol–water partition coefficient (Wildman–Crippen LogP) is 0.882. The van der Waals surface area contributed by atoms with Crippen LogP contribution in [0.2, 0.25) is 0 Å². The lowest BCUT2D eigenvalue weighted by molar-refractivity contribution is -0.118. The minimum Gasteiger partial charge on any atom is -0.478 e. The highest BCUT2D eigenvalue weighted by atomic mass is 32.2. The molecule has 0 atom stereocenters. The van der Waals surface area contributed by atoms with Gasteiger partial charge in [0.2, 0.25) is 11.8 Å². The van der Waals surface area contributed by atoms with Crippen LogP contribution in [0.25, 0.3) is 0 Å². The number of anilines is 1. The zero-order chi connectivity index (χ0) is 15.4. The van der Waals surface area contributed by atoms with Crippen LogP contribution in [0.1, 0.15) is 22.3 Å². The van der Waals surface area contributed by atoms with E-state index in [4.69, 9.17) is 10.8 Å². The standard InChI is InChI=1S/C14H16N2O4S/c15-12(17)8-21-6-4-13(18)16-5-3-9-1-2-10(14(19)20)7-11(9)16/h1-2,7H,3-6,8H2,(H2,15,17)(H,19,20). The van der Waals surface area contributed by atoms with Gasteiger partial charge in [0.25, 0.3) is 0 Å². The Labute approximate surface area is 126 Å². The third-order valence-electron chi connectivity index (χ3n) is 3.23. The number of hydrogen-bond acceptors (Lipinski definition) is 4. The summed E-state index contributed by atoms with van der Waals surface area (Å²) >= 11 is 1.32. The van der Waals surface area contributed by atoms with Gasteiger partial charge in [0.1, 0.15) is 0 Å². The molecule has 112 valence electrons. The van der Waals surface area contributed by atoms with Crippen LogP contribution in [0.4, 0.5) is 5.69 Å². The van der Waals surface area contributed by atoms with Gasteiger partial charge < -0.3 is 15.7 Å². The molecule has 0 aromatic heterocycles. The van der Waals surface area contributed by atoms with Crippen molar-refractivity contribution in [3.8, 4) is 0 Å². The summed E-state index contributed by atoms with van der Waals surface area (Å²) in [5, 5.41) is 9.02. The minimum atomic E-state index is -1.01. The highest BCUT2D eigenvalue weighted by Gasteiger charge is 2.25. The number of benzene rings is 1. The second kappa shape index (κ2) is 6.62. The maximum Gasteiger partial charge on any atom is 0.335 e. The summed E-state index contributed by atoms with van der Waals surface area (Å²) in [6.45, 7) is 0.567. The van der Waals surface area contributed by atoms with Gasteiger partial charge in [-0.05, 0) is 24.1 Å². The summed E-state index contributed by atoms with van der Waals surface area (Å²) in [4.78, 5) is 35.4. The fourth-order valence-electron chi connectivity index (χ4n) is 2.24. The van der Waals surface area contributed by atoms with Crippen LogP contribution in [-0.4, -0.2) is 40.9 Å². The second-order valence-corrected chi connectivity index (χ2v) is 5.82. The highest BCUT2D eigenvalue weighted by Crippen LogP contribution is 2.29. The Hall–Kier alpha value is -2.02. The maximum atomic E-state index is 12.2. The molecule has 21 heavy (non-hydrogen) atoms. The zero-order valence-electron chi connectivity index (χ0n) is 11.4. The lowest BCUT2D eigenvalue weighted by Crippen LogP contribution is -2.29. The topological polar surface area (TPSA) is 101 Å². The van der Waals surface area contributed by atoms with Crippen molar-refractivity contribution < 1.29 is 19.5 Å². The van der Waals surface area contributed by atoms with E-state index < -0.39 is 11.9 Å². The van der Waals surface area contributed by atoms with Gasteiger partial charge in [-0.25, -0.2) is 4.79 Å². The predicted molar refractivity (Wildman–Crippen MR) is 80.6 cm³/mol. The van der Waals surface area contributed by atoms with Crippen LogP contribution in [0.3, 0.4) is 0 Å². The van der Waals surface area contributed by atoms with Crippen LogP contribution < -0.4 is 10.6 Å². The highest BCUT2D eigenvalue weighted by molar-refractivity contribution is 7.99. The van der Waals surface area contributed by atoms with E-state index in [0.717, 1.165) is 12.0 Å². The Kier molecular flexibility index (Phi) is 4.85. The molecule has 0 spiro atoms. The number of carboxylic acid groups (broad SMARTS) is 1. The molecule has 3 N–H and O–H groups in total. The van der Waals surface area contributed by atoms with E-state index in [1.807, 2.05) is 0 Å². The van der Waals surface area contributed by atoms with Crippen molar-refractivity contribution in [3.05, 3.63) is 29.3 Å².